The van der Waals surface area contributed by atoms with Crippen molar-refractivity contribution in [3.63, 3.8) is 0 Å². The minimum absolute atomic E-state index is 0.498. The van der Waals surface area contributed by atoms with Crippen LogP contribution in [0.25, 0.3) is 10.9 Å². The first-order chi connectivity index (χ1) is 15.3. The van der Waals surface area contributed by atoms with E-state index in [1.54, 1.807) is 6.20 Å². The summed E-state index contributed by atoms with van der Waals surface area (Å²) < 4.78 is 5.76. The van der Waals surface area contributed by atoms with E-state index in [0.29, 0.717) is 24.4 Å². The highest BCUT2D eigenvalue weighted by Crippen LogP contribution is 2.27. The summed E-state index contributed by atoms with van der Waals surface area (Å²) in [7, 11) is 0. The Morgan fingerprint density at radius 3 is 2.48 bits per heavy atom. The Hall–Kier alpha value is -3.67. The molecule has 6 nitrogen and oxygen atoms in total. The molecule has 2 N–H and O–H groups in total. The molecule has 0 spiro atoms. The maximum atomic E-state index is 5.76. The van der Waals surface area contributed by atoms with Crippen LogP contribution in [0.5, 0.6) is 11.6 Å². The van der Waals surface area contributed by atoms with Gasteiger partial charge in [0.1, 0.15) is 11.6 Å². The third kappa shape index (κ3) is 4.74. The topological polar surface area (TPSA) is 72.0 Å². The number of aromatic nitrogens is 3. The highest BCUT2D eigenvalue weighted by Gasteiger charge is 2.17. The van der Waals surface area contributed by atoms with E-state index in [-0.39, 0.29) is 0 Å². The molecule has 0 saturated heterocycles. The molecular formula is C25H25N5O. The molecule has 0 radical (unpaired) electrons. The van der Waals surface area contributed by atoms with E-state index in [2.05, 4.69) is 21.7 Å². The van der Waals surface area contributed by atoms with E-state index < -0.39 is 0 Å². The van der Waals surface area contributed by atoms with Gasteiger partial charge in [-0.25, -0.2) is 9.97 Å². The third-order valence-corrected chi connectivity index (χ3v) is 5.53. The van der Waals surface area contributed by atoms with Gasteiger partial charge in [-0.15, -0.1) is 0 Å². The van der Waals surface area contributed by atoms with Gasteiger partial charge in [0.2, 0.25) is 11.8 Å². The van der Waals surface area contributed by atoms with Crippen LogP contribution in [0, 0.1) is 0 Å². The van der Waals surface area contributed by atoms with E-state index >= 15 is 0 Å². The summed E-state index contributed by atoms with van der Waals surface area (Å²) in [5.41, 5.74) is 2.06. The molecule has 1 aliphatic rings. The van der Waals surface area contributed by atoms with E-state index in [4.69, 9.17) is 14.7 Å². The number of para-hydroxylation sites is 1. The van der Waals surface area contributed by atoms with Crippen molar-refractivity contribution in [3.8, 4) is 11.6 Å². The van der Waals surface area contributed by atoms with Crippen molar-refractivity contribution in [1.82, 2.24) is 15.0 Å². The summed E-state index contributed by atoms with van der Waals surface area (Å²) in [4.78, 5) is 13.7. The van der Waals surface area contributed by atoms with Gasteiger partial charge in [0.25, 0.3) is 0 Å². The van der Waals surface area contributed by atoms with Crippen molar-refractivity contribution < 1.29 is 4.74 Å². The molecule has 1 aliphatic carbocycles. The van der Waals surface area contributed by atoms with Crippen molar-refractivity contribution in [1.29, 1.82) is 0 Å². The number of anilines is 2. The third-order valence-electron chi connectivity index (χ3n) is 5.53. The predicted molar refractivity (Wildman–Crippen MR) is 123 cm³/mol. The number of rotatable bonds is 7. The maximum absolute atomic E-state index is 5.76. The molecule has 0 aliphatic heterocycles. The number of fused-ring (bicyclic) bond motifs is 1. The number of nitrogens with one attached hydrogen (secondary N) is 2. The van der Waals surface area contributed by atoms with Crippen LogP contribution in [0.15, 0.2) is 72.9 Å². The zero-order valence-electron chi connectivity index (χ0n) is 17.3. The lowest BCUT2D eigenvalue weighted by molar-refractivity contribution is 0.463. The first-order valence-corrected chi connectivity index (χ1v) is 10.8. The van der Waals surface area contributed by atoms with E-state index in [1.165, 1.54) is 25.7 Å². The lowest BCUT2D eigenvalue weighted by atomic mass is 10.2. The van der Waals surface area contributed by atoms with Gasteiger partial charge in [0, 0.05) is 30.2 Å². The molecule has 0 amide bonds. The molecule has 4 aromatic rings. The SMILES string of the molecule is c1ccc(Oc2ccc(CNc3nc(NC4CCCC4)c4ccccc4n3)cc2)nc1. The van der Waals surface area contributed by atoms with Crippen molar-refractivity contribution in [3.05, 3.63) is 78.5 Å². The summed E-state index contributed by atoms with van der Waals surface area (Å²) in [5.74, 6) is 2.89. The van der Waals surface area contributed by atoms with Crippen molar-refractivity contribution >= 4 is 22.7 Å². The summed E-state index contributed by atoms with van der Waals surface area (Å²) in [5, 5.41) is 8.08. The normalized spacial score (nSPS) is 13.9. The van der Waals surface area contributed by atoms with Crippen LogP contribution in [0.2, 0.25) is 0 Å². The summed E-state index contributed by atoms with van der Waals surface area (Å²) >= 11 is 0. The van der Waals surface area contributed by atoms with Crippen LogP contribution in [0.3, 0.4) is 0 Å². The number of ether oxygens (including phenoxy) is 1. The molecule has 0 bridgehead atoms. The molecule has 1 saturated carbocycles. The van der Waals surface area contributed by atoms with Crippen LogP contribution < -0.4 is 15.4 Å². The van der Waals surface area contributed by atoms with Gasteiger partial charge >= 0.3 is 0 Å². The monoisotopic (exact) mass is 411 g/mol. The number of hydrogen-bond donors (Lipinski definition) is 2. The lowest BCUT2D eigenvalue weighted by Gasteiger charge is -2.16. The number of nitrogens with zero attached hydrogens (tertiary/aromatic N) is 3. The standard InChI is InChI=1S/C25H25N5O/c1-2-8-19(7-1)28-24-21-9-3-4-10-22(21)29-25(30-24)27-17-18-12-14-20(15-13-18)31-23-11-5-6-16-26-23/h3-6,9-16,19H,1-2,7-8,17H2,(H2,27,28,29,30). The van der Waals surface area contributed by atoms with Crippen LogP contribution >= 0.6 is 0 Å². The van der Waals surface area contributed by atoms with Gasteiger partial charge < -0.3 is 15.4 Å². The number of benzene rings is 2. The Morgan fingerprint density at radius 1 is 0.871 bits per heavy atom. The Labute approximate surface area is 181 Å². The number of pyridine rings is 1. The van der Waals surface area contributed by atoms with E-state index in [0.717, 1.165) is 28.0 Å². The molecule has 0 unspecified atom stereocenters. The minimum atomic E-state index is 0.498. The quantitative estimate of drug-likeness (QED) is 0.401. The van der Waals surface area contributed by atoms with Gasteiger partial charge in [-0.3, -0.25) is 0 Å². The van der Waals surface area contributed by atoms with Crippen LogP contribution in [-0.4, -0.2) is 21.0 Å². The minimum Gasteiger partial charge on any atom is -0.439 e. The average molecular weight is 412 g/mol. The Balaban J connectivity index is 1.29. The molecule has 6 heteroatoms. The van der Waals surface area contributed by atoms with Gasteiger partial charge in [0.15, 0.2) is 0 Å². The molecule has 2 aromatic carbocycles. The smallest absolute Gasteiger partial charge is 0.225 e. The molecule has 0 atom stereocenters. The van der Waals surface area contributed by atoms with E-state index in [9.17, 15) is 0 Å². The average Bonchev–Trinajstić information content (AvgIpc) is 3.32. The molecule has 156 valence electrons. The largest absolute Gasteiger partial charge is 0.439 e. The van der Waals surface area contributed by atoms with Crippen molar-refractivity contribution in [2.45, 2.75) is 38.3 Å². The molecule has 2 heterocycles. The Bertz CT molecular complexity index is 1140. The van der Waals surface area contributed by atoms with Gasteiger partial charge in [0.05, 0.1) is 5.52 Å². The van der Waals surface area contributed by atoms with Crippen molar-refractivity contribution in [2.75, 3.05) is 10.6 Å². The predicted octanol–water partition coefficient (Wildman–Crippen LogP) is 5.78. The second-order valence-corrected chi connectivity index (χ2v) is 7.81. The Kier molecular flexibility index (Phi) is 5.60. The first-order valence-electron chi connectivity index (χ1n) is 10.8. The molecule has 31 heavy (non-hydrogen) atoms. The molecular weight excluding hydrogens is 386 g/mol. The zero-order valence-corrected chi connectivity index (χ0v) is 17.3. The fourth-order valence-electron chi connectivity index (χ4n) is 3.91. The molecule has 1 fully saturated rings. The fraction of sp³-hybridized carbons (Fsp3) is 0.240. The summed E-state index contributed by atoms with van der Waals surface area (Å²) in [6.45, 7) is 0.630. The van der Waals surface area contributed by atoms with Crippen LogP contribution in [0.1, 0.15) is 31.2 Å². The second kappa shape index (κ2) is 9.00. The summed E-state index contributed by atoms with van der Waals surface area (Å²) in [6, 6.07) is 22.2. The highest BCUT2D eigenvalue weighted by atomic mass is 16.5. The fourth-order valence-corrected chi connectivity index (χ4v) is 3.91. The van der Waals surface area contributed by atoms with Gasteiger partial charge in [-0.2, -0.15) is 4.98 Å². The second-order valence-electron chi connectivity index (χ2n) is 7.81. The van der Waals surface area contributed by atoms with Crippen LogP contribution in [-0.2, 0) is 6.54 Å². The Morgan fingerprint density at radius 2 is 1.68 bits per heavy atom. The summed E-state index contributed by atoms with van der Waals surface area (Å²) in [6.07, 6.45) is 6.69. The maximum Gasteiger partial charge on any atom is 0.225 e. The van der Waals surface area contributed by atoms with Gasteiger partial charge in [-0.05, 0) is 48.7 Å². The van der Waals surface area contributed by atoms with Crippen molar-refractivity contribution in [2.24, 2.45) is 0 Å². The van der Waals surface area contributed by atoms with Gasteiger partial charge in [-0.1, -0.05) is 43.2 Å². The number of hydrogen-bond acceptors (Lipinski definition) is 6. The molecule has 5 rings (SSSR count). The highest BCUT2D eigenvalue weighted by molar-refractivity contribution is 5.90. The van der Waals surface area contributed by atoms with Crippen LogP contribution in [0.4, 0.5) is 11.8 Å². The first kappa shape index (κ1) is 19.3. The zero-order chi connectivity index (χ0) is 20.9. The lowest BCUT2D eigenvalue weighted by Crippen LogP contribution is -2.17. The molecule has 2 aromatic heterocycles. The van der Waals surface area contributed by atoms with E-state index in [1.807, 2.05) is 60.7 Å².